The van der Waals surface area contributed by atoms with Gasteiger partial charge >= 0.3 is 11.1 Å². The molecule has 5 heterocycles. The molecule has 0 spiro atoms. The fourth-order valence-electron chi connectivity index (χ4n) is 4.86. The van der Waals surface area contributed by atoms with Crippen molar-refractivity contribution in [2.75, 3.05) is 31.1 Å². The topological polar surface area (TPSA) is 89.2 Å². The van der Waals surface area contributed by atoms with Gasteiger partial charge in [0.2, 0.25) is 5.95 Å². The van der Waals surface area contributed by atoms with E-state index in [1.807, 2.05) is 9.80 Å². The zero-order valence-electron chi connectivity index (χ0n) is 19.3. The summed E-state index contributed by atoms with van der Waals surface area (Å²) in [6.45, 7) is 2.50. The Kier molecular flexibility index (Phi) is 6.30. The van der Waals surface area contributed by atoms with Crippen LogP contribution in [0.2, 0.25) is 5.02 Å². The monoisotopic (exact) mass is 505 g/mol. The van der Waals surface area contributed by atoms with Gasteiger partial charge in [-0.05, 0) is 18.9 Å². The van der Waals surface area contributed by atoms with Crippen LogP contribution in [-0.2, 0) is 13.6 Å². The van der Waals surface area contributed by atoms with Gasteiger partial charge in [0.25, 0.3) is 5.92 Å². The maximum absolute atomic E-state index is 13.4. The number of hydrogen-bond donors (Lipinski definition) is 0. The van der Waals surface area contributed by atoms with Crippen molar-refractivity contribution in [3.8, 4) is 0 Å². The molecule has 35 heavy (non-hydrogen) atoms. The molecule has 9 nitrogen and oxygen atoms in total. The summed E-state index contributed by atoms with van der Waals surface area (Å²) in [5, 5.41) is 0.395. The van der Waals surface area contributed by atoms with Crippen molar-refractivity contribution in [1.82, 2.24) is 29.0 Å². The lowest BCUT2D eigenvalue weighted by atomic mass is 10.0. The predicted molar refractivity (Wildman–Crippen MR) is 128 cm³/mol. The zero-order valence-corrected chi connectivity index (χ0v) is 20.1. The third-order valence-corrected chi connectivity index (χ3v) is 7.11. The lowest BCUT2D eigenvalue weighted by Gasteiger charge is -2.33. The number of pyridine rings is 1. The van der Waals surface area contributed by atoms with Crippen LogP contribution in [0.4, 0.5) is 14.7 Å². The van der Waals surface area contributed by atoms with Crippen LogP contribution in [0.3, 0.4) is 0 Å². The smallest absolute Gasteiger partial charge is 0.318 e. The molecule has 0 N–H and O–H groups in total. The zero-order chi connectivity index (χ0) is 24.7. The normalized spacial score (nSPS) is 19.4. The van der Waals surface area contributed by atoms with Crippen molar-refractivity contribution >= 4 is 28.7 Å². The highest BCUT2D eigenvalue weighted by Gasteiger charge is 2.34. The molecule has 2 aliphatic rings. The van der Waals surface area contributed by atoms with E-state index in [9.17, 15) is 18.4 Å². The molecule has 3 aromatic heterocycles. The number of alkyl halides is 2. The van der Waals surface area contributed by atoms with Gasteiger partial charge in [-0.1, -0.05) is 11.6 Å². The largest absolute Gasteiger partial charge is 0.341 e. The first kappa shape index (κ1) is 23.8. The number of likely N-dealkylation sites (tertiary alicyclic amines) is 1. The SMILES string of the molecule is Cn1c(=O)c(=O)n(C2CCN(c3ncc(CN4CCC(F)(F)CC4)cn3)CC2)c2ncc(Cl)cc21. The van der Waals surface area contributed by atoms with E-state index in [1.54, 1.807) is 25.5 Å². The van der Waals surface area contributed by atoms with Gasteiger partial charge < -0.3 is 9.47 Å². The molecule has 2 saturated heterocycles. The third kappa shape index (κ3) is 4.79. The number of piperidine rings is 2. The third-order valence-electron chi connectivity index (χ3n) is 6.91. The van der Waals surface area contributed by atoms with Crippen molar-refractivity contribution in [2.45, 2.75) is 44.2 Å². The molecule has 186 valence electrons. The molecule has 0 amide bonds. The molecule has 0 saturated carbocycles. The summed E-state index contributed by atoms with van der Waals surface area (Å²) in [6, 6.07) is 1.46. The molecule has 2 fully saturated rings. The van der Waals surface area contributed by atoms with E-state index in [1.165, 1.54) is 15.3 Å². The lowest BCUT2D eigenvalue weighted by Crippen LogP contribution is -2.45. The van der Waals surface area contributed by atoms with Crippen molar-refractivity contribution in [2.24, 2.45) is 7.05 Å². The minimum absolute atomic E-state index is 0.116. The van der Waals surface area contributed by atoms with E-state index in [0.29, 0.717) is 67.7 Å². The minimum atomic E-state index is -2.56. The van der Waals surface area contributed by atoms with E-state index >= 15 is 0 Å². The number of nitrogens with zero attached hydrogens (tertiary/aromatic N) is 7. The van der Waals surface area contributed by atoms with Gasteiger partial charge in [-0.25, -0.2) is 23.7 Å². The second-order valence-corrected chi connectivity index (χ2v) is 9.71. The first-order valence-electron chi connectivity index (χ1n) is 11.6. The van der Waals surface area contributed by atoms with E-state index in [2.05, 4.69) is 15.0 Å². The average Bonchev–Trinajstić information content (AvgIpc) is 2.85. The van der Waals surface area contributed by atoms with Crippen LogP contribution in [0.15, 0.2) is 34.2 Å². The summed E-state index contributed by atoms with van der Waals surface area (Å²) >= 11 is 6.07. The van der Waals surface area contributed by atoms with Crippen molar-refractivity contribution in [3.05, 3.63) is 56.0 Å². The summed E-state index contributed by atoms with van der Waals surface area (Å²) in [4.78, 5) is 42.7. The molecule has 0 unspecified atom stereocenters. The van der Waals surface area contributed by atoms with Crippen LogP contribution in [0, 0.1) is 0 Å². The Bertz CT molecular complexity index is 1340. The second kappa shape index (κ2) is 9.27. The minimum Gasteiger partial charge on any atom is -0.341 e. The molecule has 2 aliphatic heterocycles. The van der Waals surface area contributed by atoms with E-state index < -0.39 is 17.0 Å². The number of rotatable bonds is 4. The highest BCUT2D eigenvalue weighted by Crippen LogP contribution is 2.29. The van der Waals surface area contributed by atoms with Crippen molar-refractivity contribution in [3.63, 3.8) is 0 Å². The number of fused-ring (bicyclic) bond motifs is 1. The lowest BCUT2D eigenvalue weighted by molar-refractivity contribution is -0.0566. The Morgan fingerprint density at radius 1 is 1.00 bits per heavy atom. The van der Waals surface area contributed by atoms with Gasteiger partial charge in [0.05, 0.1) is 10.5 Å². The number of hydrogen-bond acceptors (Lipinski definition) is 7. The van der Waals surface area contributed by atoms with Crippen LogP contribution in [-0.4, -0.2) is 61.1 Å². The molecule has 5 rings (SSSR count). The molecule has 0 aromatic carbocycles. The quantitative estimate of drug-likeness (QED) is 0.503. The fourth-order valence-corrected chi connectivity index (χ4v) is 5.01. The molecule has 12 heteroatoms. The fraction of sp³-hybridized carbons (Fsp3) is 0.522. The van der Waals surface area contributed by atoms with E-state index in [0.717, 1.165) is 5.56 Å². The predicted octanol–water partition coefficient (Wildman–Crippen LogP) is 2.61. The van der Waals surface area contributed by atoms with Gasteiger partial charge in [-0.2, -0.15) is 0 Å². The van der Waals surface area contributed by atoms with Crippen LogP contribution in [0.25, 0.3) is 11.2 Å². The molecular weight excluding hydrogens is 480 g/mol. The molecule has 0 bridgehead atoms. The van der Waals surface area contributed by atoms with Crippen LogP contribution < -0.4 is 16.0 Å². The Morgan fingerprint density at radius 2 is 1.66 bits per heavy atom. The van der Waals surface area contributed by atoms with Gasteiger partial charge in [-0.3, -0.25) is 19.1 Å². The summed E-state index contributed by atoms with van der Waals surface area (Å²) in [6.07, 6.45) is 5.98. The Hall–Kier alpha value is -2.92. The maximum Gasteiger partial charge on any atom is 0.318 e. The number of anilines is 1. The molecule has 0 radical (unpaired) electrons. The Morgan fingerprint density at radius 3 is 2.31 bits per heavy atom. The maximum atomic E-state index is 13.4. The molecule has 3 aromatic rings. The van der Waals surface area contributed by atoms with Crippen molar-refractivity contribution in [1.29, 1.82) is 0 Å². The molecular formula is C23H26ClF2N7O2. The number of aryl methyl sites for hydroxylation is 1. The molecule has 0 atom stereocenters. The van der Waals surface area contributed by atoms with Gasteiger partial charge in [0, 0.05) is 82.8 Å². The highest BCUT2D eigenvalue weighted by molar-refractivity contribution is 6.31. The van der Waals surface area contributed by atoms with Crippen molar-refractivity contribution < 1.29 is 8.78 Å². The van der Waals surface area contributed by atoms with Gasteiger partial charge in [0.15, 0.2) is 5.65 Å². The summed E-state index contributed by atoms with van der Waals surface area (Å²) in [5.74, 6) is -1.97. The Labute approximate surface area is 205 Å². The highest BCUT2D eigenvalue weighted by atomic mass is 35.5. The second-order valence-electron chi connectivity index (χ2n) is 9.28. The van der Waals surface area contributed by atoms with Crippen LogP contribution >= 0.6 is 11.6 Å². The number of halogens is 3. The van der Waals surface area contributed by atoms with Crippen LogP contribution in [0.5, 0.6) is 0 Å². The summed E-state index contributed by atoms with van der Waals surface area (Å²) in [5.41, 5.74) is 0.637. The summed E-state index contributed by atoms with van der Waals surface area (Å²) < 4.78 is 29.5. The van der Waals surface area contributed by atoms with Crippen LogP contribution in [0.1, 0.15) is 37.3 Å². The standard InChI is InChI=1S/C23H26ClF2N7O2/c1-30-18-10-16(24)13-27-19(18)33(21(35)20(30)34)17-2-6-32(7-3-17)22-28-11-15(12-29-22)14-31-8-4-23(25,26)5-9-31/h10-13,17H,2-9,14H2,1H3. The first-order chi connectivity index (χ1) is 16.7. The van der Waals surface area contributed by atoms with Gasteiger partial charge in [-0.15, -0.1) is 0 Å². The Balaban J connectivity index is 1.27. The first-order valence-corrected chi connectivity index (χ1v) is 12.0. The van der Waals surface area contributed by atoms with E-state index in [-0.39, 0.29) is 18.9 Å². The van der Waals surface area contributed by atoms with Gasteiger partial charge in [0.1, 0.15) is 0 Å². The van der Waals surface area contributed by atoms with E-state index in [4.69, 9.17) is 11.6 Å². The number of aromatic nitrogens is 5. The molecule has 0 aliphatic carbocycles. The average molecular weight is 506 g/mol. The summed E-state index contributed by atoms with van der Waals surface area (Å²) in [7, 11) is 1.54.